The normalized spacial score (nSPS) is 18.9. The molecule has 2 aromatic rings. The summed E-state index contributed by atoms with van der Waals surface area (Å²) >= 11 is 0. The maximum absolute atomic E-state index is 5.87. The molecule has 0 saturated carbocycles. The van der Waals surface area contributed by atoms with E-state index >= 15 is 0 Å². The van der Waals surface area contributed by atoms with E-state index in [1.807, 2.05) is 0 Å². The number of benzene rings is 2. The lowest BCUT2D eigenvalue weighted by Crippen LogP contribution is -2.33. The molecule has 3 heteroatoms. The maximum atomic E-state index is 5.87. The van der Waals surface area contributed by atoms with E-state index in [1.165, 1.54) is 41.3 Å². The molecule has 0 spiro atoms. The zero-order chi connectivity index (χ0) is 14.7. The molecule has 112 valence electrons. The van der Waals surface area contributed by atoms with Crippen LogP contribution in [0.25, 0.3) is 10.8 Å². The summed E-state index contributed by atoms with van der Waals surface area (Å²) in [6.07, 6.45) is 4.01. The minimum absolute atomic E-state index is 0.358. The van der Waals surface area contributed by atoms with Crippen LogP contribution in [0.15, 0.2) is 36.4 Å². The Morgan fingerprint density at radius 3 is 2.67 bits per heavy atom. The molecule has 3 nitrogen and oxygen atoms in total. The minimum Gasteiger partial charge on any atom is -0.376 e. The van der Waals surface area contributed by atoms with Crippen molar-refractivity contribution >= 4 is 16.5 Å². The minimum atomic E-state index is 0.358. The van der Waals surface area contributed by atoms with E-state index in [1.54, 1.807) is 0 Å². The van der Waals surface area contributed by atoms with E-state index in [0.717, 1.165) is 13.2 Å². The van der Waals surface area contributed by atoms with Crippen LogP contribution in [-0.4, -0.2) is 26.3 Å². The Balaban J connectivity index is 1.89. The van der Waals surface area contributed by atoms with Crippen molar-refractivity contribution in [1.29, 1.82) is 0 Å². The van der Waals surface area contributed by atoms with Gasteiger partial charge in [0.1, 0.15) is 0 Å². The third-order valence-corrected chi connectivity index (χ3v) is 4.37. The highest BCUT2D eigenvalue weighted by molar-refractivity contribution is 5.96. The standard InChI is InChI=1S/C18H24N2O/c1-20(13-15-6-4-5-11-21-15)18-10-9-14(12-19)16-7-2-3-8-17(16)18/h2-3,7-10,15H,4-6,11-13,19H2,1H3. The van der Waals surface area contributed by atoms with Gasteiger partial charge in [0, 0.05) is 37.8 Å². The molecule has 0 radical (unpaired) electrons. The second kappa shape index (κ2) is 6.46. The van der Waals surface area contributed by atoms with Gasteiger partial charge in [-0.25, -0.2) is 0 Å². The molecule has 0 aliphatic carbocycles. The lowest BCUT2D eigenvalue weighted by Gasteiger charge is -2.29. The molecule has 0 amide bonds. The first-order valence-corrected chi connectivity index (χ1v) is 7.83. The SMILES string of the molecule is CN(CC1CCCCO1)c1ccc(CN)c2ccccc12. The number of anilines is 1. The average molecular weight is 284 g/mol. The Labute approximate surface area is 126 Å². The van der Waals surface area contributed by atoms with Crippen LogP contribution in [0, 0.1) is 0 Å². The molecule has 1 heterocycles. The van der Waals surface area contributed by atoms with Gasteiger partial charge in [0.2, 0.25) is 0 Å². The van der Waals surface area contributed by atoms with Gasteiger partial charge in [-0.1, -0.05) is 30.3 Å². The number of hydrogen-bond acceptors (Lipinski definition) is 3. The van der Waals surface area contributed by atoms with Gasteiger partial charge < -0.3 is 15.4 Å². The number of nitrogens with zero attached hydrogens (tertiary/aromatic N) is 1. The van der Waals surface area contributed by atoms with Crippen molar-refractivity contribution in [2.24, 2.45) is 5.73 Å². The Morgan fingerprint density at radius 1 is 1.14 bits per heavy atom. The molecule has 2 aromatic carbocycles. The van der Waals surface area contributed by atoms with E-state index in [2.05, 4.69) is 48.3 Å². The lowest BCUT2D eigenvalue weighted by molar-refractivity contribution is 0.0216. The van der Waals surface area contributed by atoms with Gasteiger partial charge in [0.25, 0.3) is 0 Å². The number of hydrogen-bond donors (Lipinski definition) is 1. The molecule has 1 saturated heterocycles. The van der Waals surface area contributed by atoms with E-state index < -0.39 is 0 Å². The highest BCUT2D eigenvalue weighted by atomic mass is 16.5. The second-order valence-electron chi connectivity index (χ2n) is 5.86. The molecule has 0 aromatic heterocycles. The molecule has 1 unspecified atom stereocenters. The Bertz CT molecular complexity index is 605. The van der Waals surface area contributed by atoms with Crippen molar-refractivity contribution in [3.63, 3.8) is 0 Å². The second-order valence-corrected chi connectivity index (χ2v) is 5.86. The zero-order valence-corrected chi connectivity index (χ0v) is 12.7. The Morgan fingerprint density at radius 2 is 1.95 bits per heavy atom. The number of nitrogens with two attached hydrogens (primary N) is 1. The van der Waals surface area contributed by atoms with Crippen LogP contribution in [0.4, 0.5) is 5.69 Å². The van der Waals surface area contributed by atoms with Crippen LogP contribution in [0.5, 0.6) is 0 Å². The quantitative estimate of drug-likeness (QED) is 0.936. The summed E-state index contributed by atoms with van der Waals surface area (Å²) in [4.78, 5) is 2.32. The molecular formula is C18H24N2O. The van der Waals surface area contributed by atoms with Crippen molar-refractivity contribution in [3.05, 3.63) is 42.0 Å². The zero-order valence-electron chi connectivity index (χ0n) is 12.7. The monoisotopic (exact) mass is 284 g/mol. The number of ether oxygens (including phenoxy) is 1. The summed E-state index contributed by atoms with van der Waals surface area (Å²) in [5, 5.41) is 2.53. The van der Waals surface area contributed by atoms with E-state index in [4.69, 9.17) is 10.5 Å². The Hall–Kier alpha value is -1.58. The first kappa shape index (κ1) is 14.4. The summed E-state index contributed by atoms with van der Waals surface area (Å²) in [5.41, 5.74) is 8.32. The highest BCUT2D eigenvalue weighted by Crippen LogP contribution is 2.29. The molecule has 2 N–H and O–H groups in total. The number of rotatable bonds is 4. The topological polar surface area (TPSA) is 38.5 Å². The Kier molecular flexibility index (Phi) is 4.42. The molecule has 1 atom stereocenters. The third kappa shape index (κ3) is 3.04. The van der Waals surface area contributed by atoms with Crippen LogP contribution in [0.1, 0.15) is 24.8 Å². The van der Waals surface area contributed by atoms with Gasteiger partial charge in [0.05, 0.1) is 6.10 Å². The van der Waals surface area contributed by atoms with Gasteiger partial charge >= 0.3 is 0 Å². The van der Waals surface area contributed by atoms with Crippen molar-refractivity contribution in [1.82, 2.24) is 0 Å². The fraction of sp³-hybridized carbons (Fsp3) is 0.444. The van der Waals surface area contributed by atoms with Crippen LogP contribution in [0.2, 0.25) is 0 Å². The van der Waals surface area contributed by atoms with E-state index in [9.17, 15) is 0 Å². The predicted molar refractivity (Wildman–Crippen MR) is 88.7 cm³/mol. The van der Waals surface area contributed by atoms with Crippen LogP contribution < -0.4 is 10.6 Å². The number of likely N-dealkylation sites (N-methyl/N-ethyl adjacent to an activating group) is 1. The van der Waals surface area contributed by atoms with Gasteiger partial charge in [0.15, 0.2) is 0 Å². The lowest BCUT2D eigenvalue weighted by atomic mass is 10.0. The maximum Gasteiger partial charge on any atom is 0.0749 e. The average Bonchev–Trinajstić information content (AvgIpc) is 2.54. The van der Waals surface area contributed by atoms with E-state index in [-0.39, 0.29) is 0 Å². The fourth-order valence-corrected chi connectivity index (χ4v) is 3.21. The van der Waals surface area contributed by atoms with Crippen LogP contribution in [0.3, 0.4) is 0 Å². The molecule has 1 aliphatic rings. The fourth-order valence-electron chi connectivity index (χ4n) is 3.21. The first-order valence-electron chi connectivity index (χ1n) is 7.83. The van der Waals surface area contributed by atoms with Gasteiger partial charge in [-0.05, 0) is 36.3 Å². The van der Waals surface area contributed by atoms with Crippen molar-refractivity contribution in [2.45, 2.75) is 31.9 Å². The summed E-state index contributed by atoms with van der Waals surface area (Å²) in [6, 6.07) is 12.9. The predicted octanol–water partition coefficient (Wildman–Crippen LogP) is 3.30. The first-order chi connectivity index (χ1) is 10.3. The summed E-state index contributed by atoms with van der Waals surface area (Å²) in [7, 11) is 2.15. The highest BCUT2D eigenvalue weighted by Gasteiger charge is 2.17. The smallest absolute Gasteiger partial charge is 0.0749 e. The largest absolute Gasteiger partial charge is 0.376 e. The van der Waals surface area contributed by atoms with Gasteiger partial charge in [-0.3, -0.25) is 0 Å². The summed E-state index contributed by atoms with van der Waals surface area (Å²) in [5.74, 6) is 0. The van der Waals surface area contributed by atoms with Gasteiger partial charge in [-0.2, -0.15) is 0 Å². The van der Waals surface area contributed by atoms with Crippen molar-refractivity contribution in [2.75, 3.05) is 25.1 Å². The molecular weight excluding hydrogens is 260 g/mol. The molecule has 1 fully saturated rings. The molecule has 0 bridgehead atoms. The van der Waals surface area contributed by atoms with Crippen molar-refractivity contribution < 1.29 is 4.74 Å². The van der Waals surface area contributed by atoms with E-state index in [0.29, 0.717) is 12.6 Å². The van der Waals surface area contributed by atoms with Gasteiger partial charge in [-0.15, -0.1) is 0 Å². The molecule has 21 heavy (non-hydrogen) atoms. The molecule has 3 rings (SSSR count). The van der Waals surface area contributed by atoms with Crippen LogP contribution >= 0.6 is 0 Å². The molecule has 1 aliphatic heterocycles. The third-order valence-electron chi connectivity index (χ3n) is 4.37. The summed E-state index contributed by atoms with van der Waals surface area (Å²) in [6.45, 7) is 2.44. The summed E-state index contributed by atoms with van der Waals surface area (Å²) < 4.78 is 5.87. The van der Waals surface area contributed by atoms with Crippen molar-refractivity contribution in [3.8, 4) is 0 Å². The van der Waals surface area contributed by atoms with Crippen LogP contribution in [-0.2, 0) is 11.3 Å². The number of fused-ring (bicyclic) bond motifs is 1.